The van der Waals surface area contributed by atoms with Crippen molar-refractivity contribution in [1.82, 2.24) is 4.90 Å². The molecule has 2 aromatic carbocycles. The van der Waals surface area contributed by atoms with E-state index in [1.54, 1.807) is 42.5 Å². The number of aliphatic hydroxyl groups is 1. The van der Waals surface area contributed by atoms with Gasteiger partial charge < -0.3 is 19.5 Å². The minimum absolute atomic E-state index is 0.0252. The van der Waals surface area contributed by atoms with E-state index >= 15 is 0 Å². The van der Waals surface area contributed by atoms with Crippen LogP contribution in [0.4, 0.5) is 0 Å². The molecule has 1 atom stereocenters. The zero-order chi connectivity index (χ0) is 19.7. The lowest BCUT2D eigenvalue weighted by molar-refractivity contribution is -0.139. The van der Waals surface area contributed by atoms with Gasteiger partial charge in [-0.05, 0) is 29.8 Å². The highest BCUT2D eigenvalue weighted by atomic mass is 35.5. The standard InChI is InChI=1S/C20H18ClNO5/c1-22-17(12-6-4-5-7-13(12)21)16(19(24)20(22)25)18(23)11-8-9-14(26-2)15(10-11)27-3/h4-10,17,23H,1-3H3/t17-/m1/s1. The van der Waals surface area contributed by atoms with Crippen LogP contribution in [0, 0.1) is 0 Å². The summed E-state index contributed by atoms with van der Waals surface area (Å²) in [6.07, 6.45) is 0. The minimum Gasteiger partial charge on any atom is -0.507 e. The molecule has 7 heteroatoms. The van der Waals surface area contributed by atoms with Gasteiger partial charge in [-0.1, -0.05) is 29.8 Å². The molecule has 0 bridgehead atoms. The Bertz CT molecular complexity index is 953. The number of hydrogen-bond donors (Lipinski definition) is 1. The van der Waals surface area contributed by atoms with Gasteiger partial charge in [0.15, 0.2) is 11.5 Å². The predicted octanol–water partition coefficient (Wildman–Crippen LogP) is 3.41. The second kappa shape index (κ2) is 7.32. The Morgan fingerprint density at radius 3 is 2.37 bits per heavy atom. The fourth-order valence-corrected chi connectivity index (χ4v) is 3.39. The number of amides is 1. The van der Waals surface area contributed by atoms with E-state index in [0.717, 1.165) is 0 Å². The number of carbonyl (C=O) groups excluding carboxylic acids is 2. The number of benzene rings is 2. The van der Waals surface area contributed by atoms with Crippen LogP contribution < -0.4 is 9.47 Å². The first-order valence-corrected chi connectivity index (χ1v) is 8.50. The topological polar surface area (TPSA) is 76.1 Å². The number of aliphatic hydroxyl groups excluding tert-OH is 1. The largest absolute Gasteiger partial charge is 0.507 e. The Morgan fingerprint density at radius 2 is 1.74 bits per heavy atom. The Hall–Kier alpha value is -2.99. The molecule has 0 radical (unpaired) electrons. The average molecular weight is 388 g/mol. The second-order valence-electron chi connectivity index (χ2n) is 6.00. The Kier molecular flexibility index (Phi) is 5.10. The number of nitrogens with zero attached hydrogens (tertiary/aromatic N) is 1. The zero-order valence-electron chi connectivity index (χ0n) is 15.0. The van der Waals surface area contributed by atoms with Gasteiger partial charge in [0.1, 0.15) is 5.76 Å². The van der Waals surface area contributed by atoms with Crippen molar-refractivity contribution in [1.29, 1.82) is 0 Å². The molecule has 0 saturated carbocycles. The Labute approximate surface area is 161 Å². The average Bonchev–Trinajstić information content (AvgIpc) is 2.91. The number of ether oxygens (including phenoxy) is 2. The van der Waals surface area contributed by atoms with E-state index in [2.05, 4.69) is 0 Å². The molecule has 2 aromatic rings. The van der Waals surface area contributed by atoms with Crippen molar-refractivity contribution < 1.29 is 24.2 Å². The Balaban J connectivity index is 2.20. The summed E-state index contributed by atoms with van der Waals surface area (Å²) in [5.41, 5.74) is 0.863. The number of methoxy groups -OCH3 is 2. The number of halogens is 1. The van der Waals surface area contributed by atoms with Crippen LogP contribution in [0.2, 0.25) is 5.02 Å². The van der Waals surface area contributed by atoms with Gasteiger partial charge in [-0.3, -0.25) is 9.59 Å². The van der Waals surface area contributed by atoms with Crippen LogP contribution >= 0.6 is 11.6 Å². The molecular formula is C20H18ClNO5. The smallest absolute Gasteiger partial charge is 0.295 e. The van der Waals surface area contributed by atoms with Gasteiger partial charge in [-0.25, -0.2) is 0 Å². The van der Waals surface area contributed by atoms with E-state index in [4.69, 9.17) is 21.1 Å². The molecule has 0 aliphatic carbocycles. The SMILES string of the molecule is COc1ccc(C(O)=C2C(=O)C(=O)N(C)[C@@H]2c2ccccc2Cl)cc1OC. The number of hydrogen-bond acceptors (Lipinski definition) is 5. The highest BCUT2D eigenvalue weighted by Gasteiger charge is 2.44. The Morgan fingerprint density at radius 1 is 1.07 bits per heavy atom. The highest BCUT2D eigenvalue weighted by Crippen LogP contribution is 2.41. The van der Waals surface area contributed by atoms with Crippen molar-refractivity contribution in [3.8, 4) is 11.5 Å². The fourth-order valence-electron chi connectivity index (χ4n) is 3.15. The first-order valence-electron chi connectivity index (χ1n) is 8.12. The second-order valence-corrected chi connectivity index (χ2v) is 6.41. The molecule has 1 aliphatic heterocycles. The van der Waals surface area contributed by atoms with Crippen molar-refractivity contribution in [2.24, 2.45) is 0 Å². The molecule has 0 aromatic heterocycles. The van der Waals surface area contributed by atoms with Crippen LogP contribution in [0.5, 0.6) is 11.5 Å². The molecule has 1 N–H and O–H groups in total. The van der Waals surface area contributed by atoms with Crippen LogP contribution in [0.25, 0.3) is 5.76 Å². The van der Waals surface area contributed by atoms with Gasteiger partial charge in [-0.15, -0.1) is 0 Å². The maximum absolute atomic E-state index is 12.6. The molecule has 6 nitrogen and oxygen atoms in total. The van der Waals surface area contributed by atoms with E-state index in [9.17, 15) is 14.7 Å². The molecular weight excluding hydrogens is 370 g/mol. The third-order valence-corrected chi connectivity index (χ3v) is 4.88. The summed E-state index contributed by atoms with van der Waals surface area (Å²) in [6.45, 7) is 0. The summed E-state index contributed by atoms with van der Waals surface area (Å²) in [7, 11) is 4.47. The van der Waals surface area contributed by atoms with E-state index in [1.165, 1.54) is 26.2 Å². The molecule has 1 heterocycles. The van der Waals surface area contributed by atoms with Gasteiger partial charge in [0.05, 0.1) is 25.8 Å². The lowest BCUT2D eigenvalue weighted by atomic mass is 9.95. The number of rotatable bonds is 4. The number of likely N-dealkylation sites (tertiary alicyclic amines) is 1. The highest BCUT2D eigenvalue weighted by molar-refractivity contribution is 6.46. The van der Waals surface area contributed by atoms with E-state index in [1.807, 2.05) is 0 Å². The third kappa shape index (κ3) is 3.13. The molecule has 0 unspecified atom stereocenters. The van der Waals surface area contributed by atoms with Gasteiger partial charge in [0, 0.05) is 17.6 Å². The summed E-state index contributed by atoms with van der Waals surface area (Å²) in [5.74, 6) is -0.908. The first-order chi connectivity index (χ1) is 12.9. The molecule has 0 spiro atoms. The number of carbonyl (C=O) groups is 2. The fraction of sp³-hybridized carbons (Fsp3) is 0.200. The first kappa shape index (κ1) is 18.8. The van der Waals surface area contributed by atoms with Crippen LogP contribution in [0.1, 0.15) is 17.2 Å². The third-order valence-electron chi connectivity index (χ3n) is 4.53. The molecule has 140 valence electrons. The van der Waals surface area contributed by atoms with Crippen LogP contribution in [-0.2, 0) is 9.59 Å². The van der Waals surface area contributed by atoms with Crippen molar-refractivity contribution in [3.05, 3.63) is 64.2 Å². The monoisotopic (exact) mass is 387 g/mol. The van der Waals surface area contributed by atoms with E-state index in [-0.39, 0.29) is 11.3 Å². The molecule has 1 aliphatic rings. The minimum atomic E-state index is -0.785. The number of Topliss-reactive ketones (excluding diaryl/α,β-unsaturated/α-hetero) is 1. The maximum atomic E-state index is 12.6. The normalized spacial score (nSPS) is 18.7. The zero-order valence-corrected chi connectivity index (χ0v) is 15.8. The lowest BCUT2D eigenvalue weighted by Crippen LogP contribution is -2.25. The lowest BCUT2D eigenvalue weighted by Gasteiger charge is -2.22. The number of ketones is 1. The summed E-state index contributed by atoms with van der Waals surface area (Å²) in [5, 5.41) is 11.3. The quantitative estimate of drug-likeness (QED) is 0.494. The molecule has 27 heavy (non-hydrogen) atoms. The molecule has 1 saturated heterocycles. The van der Waals surface area contributed by atoms with Gasteiger partial charge in [0.25, 0.3) is 11.7 Å². The van der Waals surface area contributed by atoms with Gasteiger partial charge >= 0.3 is 0 Å². The van der Waals surface area contributed by atoms with Crippen LogP contribution in [0.15, 0.2) is 48.0 Å². The summed E-state index contributed by atoms with van der Waals surface area (Å²) in [6, 6.07) is 10.9. The van der Waals surface area contributed by atoms with Crippen LogP contribution in [-0.4, -0.2) is 43.0 Å². The van der Waals surface area contributed by atoms with Crippen molar-refractivity contribution >= 4 is 29.1 Å². The maximum Gasteiger partial charge on any atom is 0.295 e. The molecule has 1 fully saturated rings. The molecule has 1 amide bonds. The van der Waals surface area contributed by atoms with Crippen LogP contribution in [0.3, 0.4) is 0 Å². The summed E-state index contributed by atoms with van der Waals surface area (Å²) >= 11 is 6.28. The van der Waals surface area contributed by atoms with Crippen molar-refractivity contribution in [2.75, 3.05) is 21.3 Å². The summed E-state index contributed by atoms with van der Waals surface area (Å²) in [4.78, 5) is 26.2. The predicted molar refractivity (Wildman–Crippen MR) is 101 cm³/mol. The summed E-state index contributed by atoms with van der Waals surface area (Å²) < 4.78 is 10.4. The van der Waals surface area contributed by atoms with Crippen molar-refractivity contribution in [2.45, 2.75) is 6.04 Å². The van der Waals surface area contributed by atoms with Gasteiger partial charge in [-0.2, -0.15) is 0 Å². The van der Waals surface area contributed by atoms with Crippen molar-refractivity contribution in [3.63, 3.8) is 0 Å². The number of likely N-dealkylation sites (N-methyl/N-ethyl adjacent to an activating group) is 1. The molecule has 3 rings (SSSR count). The van der Waals surface area contributed by atoms with E-state index in [0.29, 0.717) is 27.6 Å². The van der Waals surface area contributed by atoms with Gasteiger partial charge in [0.2, 0.25) is 0 Å². The van der Waals surface area contributed by atoms with E-state index < -0.39 is 17.7 Å².